The smallest absolute Gasteiger partial charge is 0.324 e. The first-order valence-corrected chi connectivity index (χ1v) is 6.23. The maximum Gasteiger partial charge on any atom is 0.412 e. The van der Waals surface area contributed by atoms with E-state index in [9.17, 15) is 9.13 Å². The van der Waals surface area contributed by atoms with Crippen molar-refractivity contribution in [3.63, 3.8) is 0 Å². The summed E-state index contributed by atoms with van der Waals surface area (Å²) >= 11 is 0. The lowest BCUT2D eigenvalue weighted by Crippen LogP contribution is -2.08. The second-order valence-corrected chi connectivity index (χ2v) is 6.26. The average Bonchev–Trinajstić information content (AvgIpc) is 1.56. The Kier molecular flexibility index (Phi) is 3.44. The van der Waals surface area contributed by atoms with E-state index in [-0.39, 0.29) is 0 Å². The molecule has 68 valence electrons. The van der Waals surface area contributed by atoms with E-state index >= 15 is 0 Å². The largest absolute Gasteiger partial charge is 0.412 e. The lowest BCUT2D eigenvalue weighted by atomic mass is 11.3. The van der Waals surface area contributed by atoms with Crippen LogP contribution in [0.5, 0.6) is 0 Å². The Morgan fingerprint density at radius 3 is 1.73 bits per heavy atom. The molecule has 0 amide bonds. The van der Waals surface area contributed by atoms with Crippen LogP contribution < -0.4 is 0 Å². The van der Waals surface area contributed by atoms with E-state index in [0.29, 0.717) is 0 Å². The molecule has 2 atom stereocenters. The Morgan fingerprint density at radius 1 is 1.27 bits per heavy atom. The number of nitrogens with zero attached hydrogens (tertiary/aromatic N) is 1. The van der Waals surface area contributed by atoms with Crippen LogP contribution in [0.25, 0.3) is 0 Å². The maximum atomic E-state index is 10.9. The fourth-order valence-electron chi connectivity index (χ4n) is 0.270. The summed E-state index contributed by atoms with van der Waals surface area (Å²) in [5.74, 6) is 0. The van der Waals surface area contributed by atoms with Gasteiger partial charge < -0.3 is 9.79 Å². The highest BCUT2D eigenvalue weighted by molar-refractivity contribution is 7.64. The van der Waals surface area contributed by atoms with Crippen LogP contribution in [0.2, 0.25) is 0 Å². The molecule has 0 aromatic carbocycles. The number of hydrogen-bond acceptors (Lipinski definition) is 3. The normalized spacial score (nSPS) is 22.7. The van der Waals surface area contributed by atoms with Gasteiger partial charge >= 0.3 is 15.3 Å². The van der Waals surface area contributed by atoms with Crippen molar-refractivity contribution in [2.75, 3.05) is 20.8 Å². The van der Waals surface area contributed by atoms with Gasteiger partial charge in [0.05, 0.1) is 0 Å². The van der Waals surface area contributed by atoms with Crippen LogP contribution in [0.1, 0.15) is 0 Å². The van der Waals surface area contributed by atoms with Gasteiger partial charge in [0.25, 0.3) is 0 Å². The van der Waals surface area contributed by atoms with Crippen LogP contribution >= 0.6 is 15.3 Å². The van der Waals surface area contributed by atoms with E-state index in [1.165, 1.54) is 14.1 Å². The SMILES string of the molecule is CN(C)P(=O)(O)OP(C)(=O)O. The van der Waals surface area contributed by atoms with E-state index in [1.807, 2.05) is 0 Å². The standard InChI is InChI=1S/C3H11NO5P2/c1-4(2)11(7,8)9-10(3,5)6/h1-3H3,(H,5,6)(H,7,8). The molecular weight excluding hydrogens is 192 g/mol. The molecule has 0 saturated heterocycles. The molecule has 11 heavy (non-hydrogen) atoms. The van der Waals surface area contributed by atoms with E-state index in [4.69, 9.17) is 9.79 Å². The minimum Gasteiger partial charge on any atom is -0.324 e. The maximum absolute atomic E-state index is 10.9. The van der Waals surface area contributed by atoms with E-state index in [2.05, 4.69) is 4.31 Å². The Hall–Kier alpha value is 0.300. The third-order valence-corrected chi connectivity index (χ3v) is 3.84. The number of rotatable bonds is 3. The molecule has 0 bridgehead atoms. The molecule has 0 aromatic heterocycles. The van der Waals surface area contributed by atoms with Crippen molar-refractivity contribution >= 4 is 15.3 Å². The fraction of sp³-hybridized carbons (Fsp3) is 1.00. The average molecular weight is 203 g/mol. The lowest BCUT2D eigenvalue weighted by Gasteiger charge is -2.18. The summed E-state index contributed by atoms with van der Waals surface area (Å²) in [7, 11) is -5.41. The molecule has 0 aliphatic carbocycles. The van der Waals surface area contributed by atoms with Crippen molar-refractivity contribution in [3.05, 3.63) is 0 Å². The second-order valence-electron chi connectivity index (χ2n) is 2.22. The zero-order valence-corrected chi connectivity index (χ0v) is 8.25. The summed E-state index contributed by atoms with van der Waals surface area (Å²) in [6, 6.07) is 0. The zero-order valence-electron chi connectivity index (χ0n) is 6.46. The van der Waals surface area contributed by atoms with Gasteiger partial charge in [0, 0.05) is 6.66 Å². The van der Waals surface area contributed by atoms with Crippen molar-refractivity contribution in [2.24, 2.45) is 0 Å². The molecule has 0 aliphatic rings. The van der Waals surface area contributed by atoms with Crippen molar-refractivity contribution in [2.45, 2.75) is 0 Å². The van der Waals surface area contributed by atoms with E-state index < -0.39 is 15.3 Å². The Morgan fingerprint density at radius 2 is 1.64 bits per heavy atom. The monoisotopic (exact) mass is 203 g/mol. The molecule has 0 aliphatic heterocycles. The van der Waals surface area contributed by atoms with Crippen LogP contribution in [0, 0.1) is 0 Å². The summed E-state index contributed by atoms with van der Waals surface area (Å²) < 4.78 is 26.2. The zero-order chi connectivity index (χ0) is 9.28. The lowest BCUT2D eigenvalue weighted by molar-refractivity contribution is 0.294. The van der Waals surface area contributed by atoms with Gasteiger partial charge in [-0.3, -0.25) is 4.57 Å². The van der Waals surface area contributed by atoms with Gasteiger partial charge in [-0.15, -0.1) is 0 Å². The molecule has 0 aromatic rings. The minimum absolute atomic E-state index is 0.847. The van der Waals surface area contributed by atoms with Crippen LogP contribution in [-0.4, -0.2) is 35.2 Å². The third-order valence-electron chi connectivity index (χ3n) is 0.763. The molecule has 6 nitrogen and oxygen atoms in total. The fourth-order valence-corrected chi connectivity index (χ4v) is 2.43. The van der Waals surface area contributed by atoms with Gasteiger partial charge in [-0.25, -0.2) is 13.5 Å². The molecule has 0 heterocycles. The molecule has 0 radical (unpaired) electrons. The van der Waals surface area contributed by atoms with Crippen LogP contribution in [0.3, 0.4) is 0 Å². The van der Waals surface area contributed by atoms with Crippen LogP contribution in [-0.2, 0) is 13.4 Å². The summed E-state index contributed by atoms with van der Waals surface area (Å²) in [5.41, 5.74) is 0. The first-order valence-electron chi connectivity index (χ1n) is 2.67. The van der Waals surface area contributed by atoms with Crippen molar-refractivity contribution < 1.29 is 23.2 Å². The summed E-state index contributed by atoms with van der Waals surface area (Å²) in [5, 5.41) is 0. The summed E-state index contributed by atoms with van der Waals surface area (Å²) in [4.78, 5) is 17.4. The Bertz CT molecular complexity index is 220. The Balaban J connectivity index is 4.39. The van der Waals surface area contributed by atoms with E-state index in [0.717, 1.165) is 11.3 Å². The molecule has 2 unspecified atom stereocenters. The molecule has 0 fully saturated rings. The van der Waals surface area contributed by atoms with Crippen molar-refractivity contribution in [1.82, 2.24) is 4.67 Å². The summed E-state index contributed by atoms with van der Waals surface area (Å²) in [6.07, 6.45) is 0. The van der Waals surface area contributed by atoms with E-state index in [1.54, 1.807) is 0 Å². The highest BCUT2D eigenvalue weighted by Crippen LogP contribution is 2.57. The Labute approximate surface area is 64.9 Å². The molecular formula is C3H11NO5P2. The quantitative estimate of drug-likeness (QED) is 0.648. The van der Waals surface area contributed by atoms with Crippen molar-refractivity contribution in [3.8, 4) is 0 Å². The van der Waals surface area contributed by atoms with Gasteiger partial charge in [-0.1, -0.05) is 0 Å². The first kappa shape index (κ1) is 11.3. The highest BCUT2D eigenvalue weighted by atomic mass is 31.3. The van der Waals surface area contributed by atoms with Crippen LogP contribution in [0.4, 0.5) is 0 Å². The molecule has 2 N–H and O–H groups in total. The van der Waals surface area contributed by atoms with Gasteiger partial charge in [0.2, 0.25) is 0 Å². The van der Waals surface area contributed by atoms with Crippen LogP contribution in [0.15, 0.2) is 0 Å². The number of hydrogen-bond donors (Lipinski definition) is 2. The molecule has 0 saturated carbocycles. The predicted octanol–water partition coefficient (Wildman–Crippen LogP) is 0.480. The highest BCUT2D eigenvalue weighted by Gasteiger charge is 2.30. The van der Waals surface area contributed by atoms with Gasteiger partial charge in [0.1, 0.15) is 0 Å². The molecule has 0 spiro atoms. The minimum atomic E-state index is -4.07. The molecule has 0 rings (SSSR count). The van der Waals surface area contributed by atoms with Gasteiger partial charge in [-0.2, -0.15) is 0 Å². The van der Waals surface area contributed by atoms with Crippen molar-refractivity contribution in [1.29, 1.82) is 0 Å². The van der Waals surface area contributed by atoms with Gasteiger partial charge in [-0.05, 0) is 14.1 Å². The summed E-state index contributed by atoms with van der Waals surface area (Å²) in [6.45, 7) is 0.847. The first-order chi connectivity index (χ1) is 4.65. The second kappa shape index (κ2) is 3.35. The third kappa shape index (κ3) is 4.69. The predicted molar refractivity (Wildman–Crippen MR) is 40.3 cm³/mol. The van der Waals surface area contributed by atoms with Gasteiger partial charge in [0.15, 0.2) is 0 Å². The topological polar surface area (TPSA) is 87.1 Å². The molecule has 8 heteroatoms.